The number of pyridine rings is 2. The standard InChI is InChI=1S/C18H25N5O2/c1-13(15-8-14(9-17(24)25)11-21-12-15)10-20-5-3-7-22-16-4-2-6-23-18(16)19/h2,4,6,8,11-13,20,22H,3,5,7,9-10H2,1H3,(H2,19,23)(H,24,25). The highest BCUT2D eigenvalue weighted by Gasteiger charge is 2.08. The van der Waals surface area contributed by atoms with Crippen LogP contribution in [0.2, 0.25) is 0 Å². The number of anilines is 2. The molecule has 0 fully saturated rings. The van der Waals surface area contributed by atoms with Crippen molar-refractivity contribution in [1.29, 1.82) is 0 Å². The summed E-state index contributed by atoms with van der Waals surface area (Å²) in [7, 11) is 0. The van der Waals surface area contributed by atoms with Gasteiger partial charge in [-0.25, -0.2) is 4.98 Å². The fraction of sp³-hybridized carbons (Fsp3) is 0.389. The highest BCUT2D eigenvalue weighted by atomic mass is 16.4. The minimum absolute atomic E-state index is 0.00410. The van der Waals surface area contributed by atoms with Gasteiger partial charge in [0.15, 0.2) is 0 Å². The van der Waals surface area contributed by atoms with Gasteiger partial charge in [-0.3, -0.25) is 9.78 Å². The van der Waals surface area contributed by atoms with Crippen LogP contribution < -0.4 is 16.4 Å². The number of hydrogen-bond acceptors (Lipinski definition) is 6. The first-order valence-electron chi connectivity index (χ1n) is 8.37. The minimum Gasteiger partial charge on any atom is -0.481 e. The fourth-order valence-electron chi connectivity index (χ4n) is 2.49. The van der Waals surface area contributed by atoms with E-state index in [1.807, 2.05) is 18.2 Å². The number of nitrogen functional groups attached to an aromatic ring is 1. The Kier molecular flexibility index (Phi) is 7.16. The largest absolute Gasteiger partial charge is 0.481 e. The van der Waals surface area contributed by atoms with Gasteiger partial charge in [-0.15, -0.1) is 0 Å². The second-order valence-electron chi connectivity index (χ2n) is 6.02. The molecular formula is C18H25N5O2. The van der Waals surface area contributed by atoms with Crippen molar-refractivity contribution in [3.05, 3.63) is 47.9 Å². The van der Waals surface area contributed by atoms with Crippen molar-refractivity contribution >= 4 is 17.5 Å². The van der Waals surface area contributed by atoms with E-state index in [1.54, 1.807) is 18.6 Å². The smallest absolute Gasteiger partial charge is 0.307 e. The van der Waals surface area contributed by atoms with Crippen LogP contribution >= 0.6 is 0 Å². The quantitative estimate of drug-likeness (QED) is 0.487. The number of carboxylic acids is 1. The molecule has 1 atom stereocenters. The highest BCUT2D eigenvalue weighted by molar-refractivity contribution is 5.70. The highest BCUT2D eigenvalue weighted by Crippen LogP contribution is 2.15. The molecule has 7 nitrogen and oxygen atoms in total. The van der Waals surface area contributed by atoms with Crippen LogP contribution in [0.4, 0.5) is 11.5 Å². The second kappa shape index (κ2) is 9.58. The summed E-state index contributed by atoms with van der Waals surface area (Å²) in [5.41, 5.74) is 8.41. The average Bonchev–Trinajstić information content (AvgIpc) is 2.59. The van der Waals surface area contributed by atoms with Gasteiger partial charge in [0, 0.05) is 31.7 Å². The maximum atomic E-state index is 10.8. The number of carboxylic acid groups (broad SMARTS) is 1. The third-order valence-electron chi connectivity index (χ3n) is 3.88. The zero-order valence-electron chi connectivity index (χ0n) is 14.4. The van der Waals surface area contributed by atoms with Crippen LogP contribution in [-0.2, 0) is 11.2 Å². The zero-order valence-corrected chi connectivity index (χ0v) is 14.4. The van der Waals surface area contributed by atoms with Gasteiger partial charge in [-0.1, -0.05) is 13.0 Å². The lowest BCUT2D eigenvalue weighted by molar-refractivity contribution is -0.136. The summed E-state index contributed by atoms with van der Waals surface area (Å²) in [5.74, 6) is -0.0625. The molecule has 0 saturated heterocycles. The number of carbonyl (C=O) groups is 1. The third kappa shape index (κ3) is 6.39. The first-order chi connectivity index (χ1) is 12.1. The molecule has 7 heteroatoms. The van der Waals surface area contributed by atoms with Gasteiger partial charge < -0.3 is 21.5 Å². The van der Waals surface area contributed by atoms with Crippen LogP contribution in [-0.4, -0.2) is 40.7 Å². The molecule has 0 aliphatic heterocycles. The molecule has 0 aromatic carbocycles. The molecule has 5 N–H and O–H groups in total. The molecule has 2 aromatic rings. The lowest BCUT2D eigenvalue weighted by Gasteiger charge is -2.14. The maximum absolute atomic E-state index is 10.8. The van der Waals surface area contributed by atoms with Crippen LogP contribution in [0.3, 0.4) is 0 Å². The van der Waals surface area contributed by atoms with Gasteiger partial charge >= 0.3 is 5.97 Å². The van der Waals surface area contributed by atoms with E-state index in [-0.39, 0.29) is 12.3 Å². The summed E-state index contributed by atoms with van der Waals surface area (Å²) >= 11 is 0. The van der Waals surface area contributed by atoms with E-state index in [1.165, 1.54) is 0 Å². The number of aliphatic carboxylic acids is 1. The molecule has 2 aromatic heterocycles. The van der Waals surface area contributed by atoms with Crippen molar-refractivity contribution in [3.8, 4) is 0 Å². The Balaban J connectivity index is 1.67. The lowest BCUT2D eigenvalue weighted by Crippen LogP contribution is -2.23. The van der Waals surface area contributed by atoms with E-state index >= 15 is 0 Å². The van der Waals surface area contributed by atoms with E-state index in [9.17, 15) is 4.79 Å². The topological polar surface area (TPSA) is 113 Å². The first kappa shape index (κ1) is 18.7. The lowest BCUT2D eigenvalue weighted by atomic mass is 10.0. The van der Waals surface area contributed by atoms with Crippen molar-refractivity contribution < 1.29 is 9.90 Å². The Morgan fingerprint density at radius 2 is 2.20 bits per heavy atom. The SMILES string of the molecule is CC(CNCCCNc1cccnc1N)c1cncc(CC(=O)O)c1. The summed E-state index contributed by atoms with van der Waals surface area (Å²) in [5, 5.41) is 15.5. The second-order valence-corrected chi connectivity index (χ2v) is 6.02. The Bertz CT molecular complexity index is 693. The van der Waals surface area contributed by atoms with Gasteiger partial charge in [-0.2, -0.15) is 0 Å². The molecule has 25 heavy (non-hydrogen) atoms. The van der Waals surface area contributed by atoms with Crippen molar-refractivity contribution in [1.82, 2.24) is 15.3 Å². The third-order valence-corrected chi connectivity index (χ3v) is 3.88. The van der Waals surface area contributed by atoms with E-state index in [2.05, 4.69) is 27.5 Å². The zero-order chi connectivity index (χ0) is 18.1. The Morgan fingerprint density at radius 1 is 1.36 bits per heavy atom. The van der Waals surface area contributed by atoms with Gasteiger partial charge in [0.2, 0.25) is 0 Å². The number of nitrogens with one attached hydrogen (secondary N) is 2. The minimum atomic E-state index is -0.841. The summed E-state index contributed by atoms with van der Waals surface area (Å²) in [6.07, 6.45) is 6.03. The molecule has 0 bridgehead atoms. The van der Waals surface area contributed by atoms with E-state index in [4.69, 9.17) is 10.8 Å². The monoisotopic (exact) mass is 343 g/mol. The molecule has 1 unspecified atom stereocenters. The predicted octanol–water partition coefficient (Wildman–Crippen LogP) is 1.88. The van der Waals surface area contributed by atoms with E-state index in [0.29, 0.717) is 5.82 Å². The van der Waals surface area contributed by atoms with Crippen molar-refractivity contribution in [2.24, 2.45) is 0 Å². The summed E-state index contributed by atoms with van der Waals surface area (Å²) in [6.45, 7) is 4.60. The van der Waals surface area contributed by atoms with Crippen LogP contribution in [0.1, 0.15) is 30.4 Å². The van der Waals surface area contributed by atoms with Crippen molar-refractivity contribution in [2.75, 3.05) is 30.7 Å². The Hall–Kier alpha value is -2.67. The molecular weight excluding hydrogens is 318 g/mol. The molecule has 0 aliphatic rings. The average molecular weight is 343 g/mol. The van der Waals surface area contributed by atoms with Crippen molar-refractivity contribution in [2.45, 2.75) is 25.7 Å². The first-order valence-corrected chi connectivity index (χ1v) is 8.37. The van der Waals surface area contributed by atoms with Crippen LogP contribution in [0.25, 0.3) is 0 Å². The Labute approximate surface area is 147 Å². The number of rotatable bonds is 10. The number of aromatic nitrogens is 2. The fourth-order valence-corrected chi connectivity index (χ4v) is 2.49. The van der Waals surface area contributed by atoms with Gasteiger partial charge in [0.1, 0.15) is 5.82 Å². The van der Waals surface area contributed by atoms with Crippen LogP contribution in [0.15, 0.2) is 36.8 Å². The maximum Gasteiger partial charge on any atom is 0.307 e. The predicted molar refractivity (Wildman–Crippen MR) is 98.6 cm³/mol. The molecule has 134 valence electrons. The van der Waals surface area contributed by atoms with Gasteiger partial charge in [0.25, 0.3) is 0 Å². The van der Waals surface area contributed by atoms with E-state index in [0.717, 1.165) is 42.9 Å². The molecule has 0 amide bonds. The molecule has 2 heterocycles. The van der Waals surface area contributed by atoms with Crippen LogP contribution in [0.5, 0.6) is 0 Å². The summed E-state index contributed by atoms with van der Waals surface area (Å²) in [4.78, 5) is 19.0. The molecule has 0 radical (unpaired) electrons. The van der Waals surface area contributed by atoms with Crippen molar-refractivity contribution in [3.63, 3.8) is 0 Å². The molecule has 0 spiro atoms. The van der Waals surface area contributed by atoms with Gasteiger partial charge in [0.05, 0.1) is 12.1 Å². The Morgan fingerprint density at radius 3 is 2.96 bits per heavy atom. The number of hydrogen-bond donors (Lipinski definition) is 4. The normalized spacial score (nSPS) is 11.9. The molecule has 2 rings (SSSR count). The number of nitrogens with two attached hydrogens (primary N) is 1. The van der Waals surface area contributed by atoms with Gasteiger partial charge in [-0.05, 0) is 42.1 Å². The number of nitrogens with zero attached hydrogens (tertiary/aromatic N) is 2. The molecule has 0 saturated carbocycles. The van der Waals surface area contributed by atoms with E-state index < -0.39 is 5.97 Å². The summed E-state index contributed by atoms with van der Waals surface area (Å²) in [6, 6.07) is 5.68. The van der Waals surface area contributed by atoms with Crippen LogP contribution in [0, 0.1) is 0 Å². The molecule has 0 aliphatic carbocycles. The summed E-state index contributed by atoms with van der Waals surface area (Å²) < 4.78 is 0.